The van der Waals surface area contributed by atoms with E-state index >= 15 is 0 Å². The third-order valence-electron chi connectivity index (χ3n) is 3.60. The number of azide groups is 1. The van der Waals surface area contributed by atoms with E-state index in [4.69, 9.17) is 5.53 Å². The lowest BCUT2D eigenvalue weighted by molar-refractivity contribution is 0.000308. The van der Waals surface area contributed by atoms with Crippen molar-refractivity contribution in [3.05, 3.63) is 21.4 Å². The van der Waals surface area contributed by atoms with E-state index in [1.54, 1.807) is 0 Å². The molecular weight excluding hydrogens is 182 g/mol. The largest absolute Gasteiger partial charge is 0.0741 e. The van der Waals surface area contributed by atoms with E-state index in [-0.39, 0.29) is 0 Å². The fraction of sp³-hybridized carbons (Fsp3) is 0.778. The summed E-state index contributed by atoms with van der Waals surface area (Å²) >= 11 is 1.32. The molecule has 0 aliphatic heterocycles. The first-order valence-corrected chi connectivity index (χ1v) is 5.35. The van der Waals surface area contributed by atoms with Crippen molar-refractivity contribution in [2.45, 2.75) is 26.7 Å². The van der Waals surface area contributed by atoms with Crippen molar-refractivity contribution < 1.29 is 0 Å². The highest BCUT2D eigenvalue weighted by Gasteiger charge is 2.51. The second-order valence-electron chi connectivity index (χ2n) is 4.41. The molecule has 70 valence electrons. The van der Waals surface area contributed by atoms with Gasteiger partial charge in [-0.15, -0.1) is 0 Å². The SMILES string of the molecule is CC1(C)C2CC=C(SN=[N+]=[N-])C1C2. The van der Waals surface area contributed by atoms with Crippen LogP contribution in [0.4, 0.5) is 0 Å². The Balaban J connectivity index is 2.14. The molecule has 4 heteroatoms. The minimum absolute atomic E-state index is 0.433. The van der Waals surface area contributed by atoms with Crippen LogP contribution in [0.25, 0.3) is 10.4 Å². The zero-order valence-electron chi connectivity index (χ0n) is 7.90. The Hall–Kier alpha value is -0.600. The predicted molar refractivity (Wildman–Crippen MR) is 54.8 cm³/mol. The predicted octanol–water partition coefficient (Wildman–Crippen LogP) is 3.89. The Labute approximate surface area is 82.3 Å². The van der Waals surface area contributed by atoms with E-state index in [9.17, 15) is 0 Å². The molecule has 0 spiro atoms. The quantitative estimate of drug-likeness (QED) is 0.285. The topological polar surface area (TPSA) is 48.8 Å². The van der Waals surface area contributed by atoms with E-state index < -0.39 is 0 Å². The van der Waals surface area contributed by atoms with Crippen molar-refractivity contribution in [1.82, 2.24) is 0 Å². The van der Waals surface area contributed by atoms with Crippen LogP contribution >= 0.6 is 11.9 Å². The average molecular weight is 195 g/mol. The summed E-state index contributed by atoms with van der Waals surface area (Å²) in [5.74, 6) is 1.50. The molecule has 0 aromatic carbocycles. The maximum atomic E-state index is 8.24. The lowest BCUT2D eigenvalue weighted by Crippen LogP contribution is -2.47. The van der Waals surface area contributed by atoms with E-state index in [1.807, 2.05) is 0 Å². The van der Waals surface area contributed by atoms with Crippen LogP contribution in [0.3, 0.4) is 0 Å². The first-order valence-electron chi connectivity index (χ1n) is 4.57. The Morgan fingerprint density at radius 1 is 1.69 bits per heavy atom. The van der Waals surface area contributed by atoms with Crippen LogP contribution in [-0.4, -0.2) is 0 Å². The average Bonchev–Trinajstić information content (AvgIpc) is 2.14. The number of rotatable bonds is 2. The van der Waals surface area contributed by atoms with Gasteiger partial charge < -0.3 is 0 Å². The van der Waals surface area contributed by atoms with Gasteiger partial charge >= 0.3 is 0 Å². The van der Waals surface area contributed by atoms with Crippen LogP contribution in [-0.2, 0) is 0 Å². The molecule has 0 aromatic heterocycles. The Bertz CT molecular complexity index is 302. The summed E-state index contributed by atoms with van der Waals surface area (Å²) in [6, 6.07) is 0. The van der Waals surface area contributed by atoms with Crippen molar-refractivity contribution in [2.24, 2.45) is 21.8 Å². The zero-order valence-corrected chi connectivity index (χ0v) is 8.71. The molecule has 0 N–H and O–H groups in total. The van der Waals surface area contributed by atoms with Gasteiger partial charge in [0.15, 0.2) is 0 Å². The van der Waals surface area contributed by atoms with Crippen LogP contribution in [0.1, 0.15) is 26.7 Å². The van der Waals surface area contributed by atoms with Crippen LogP contribution in [0.2, 0.25) is 0 Å². The van der Waals surface area contributed by atoms with Gasteiger partial charge in [0.2, 0.25) is 0 Å². The van der Waals surface area contributed by atoms with Crippen LogP contribution < -0.4 is 0 Å². The molecule has 2 bridgehead atoms. The van der Waals surface area contributed by atoms with Gasteiger partial charge in [-0.1, -0.05) is 19.9 Å². The van der Waals surface area contributed by atoms with Gasteiger partial charge in [-0.2, -0.15) is 0 Å². The molecule has 3 aliphatic rings. The molecule has 3 nitrogen and oxygen atoms in total. The monoisotopic (exact) mass is 195 g/mol. The lowest BCUT2D eigenvalue weighted by Gasteiger charge is -2.55. The maximum Gasteiger partial charge on any atom is 0.0112 e. The van der Waals surface area contributed by atoms with Crippen molar-refractivity contribution in [3.8, 4) is 0 Å². The smallest absolute Gasteiger partial charge is 0.0112 e. The molecule has 13 heavy (non-hydrogen) atoms. The number of fused-ring (bicyclic) bond motifs is 1. The van der Waals surface area contributed by atoms with Gasteiger partial charge in [0.05, 0.1) is 0 Å². The summed E-state index contributed by atoms with van der Waals surface area (Å²) in [7, 11) is 0. The molecule has 0 saturated heterocycles. The van der Waals surface area contributed by atoms with Gasteiger partial charge in [-0.3, -0.25) is 0 Å². The second kappa shape index (κ2) is 2.96. The zero-order chi connectivity index (χ0) is 9.47. The van der Waals surface area contributed by atoms with Crippen molar-refractivity contribution in [3.63, 3.8) is 0 Å². The standard InChI is InChI=1S/C9H13N3S/c1-9(2)6-3-4-8(7(9)5-6)13-12-11-10/h4,6-7H,3,5H2,1-2H3. The normalized spacial score (nSPS) is 34.2. The van der Waals surface area contributed by atoms with Gasteiger partial charge in [-0.05, 0) is 57.0 Å². The molecule has 0 radical (unpaired) electrons. The number of nitrogens with zero attached hydrogens (tertiary/aromatic N) is 3. The third-order valence-corrected chi connectivity index (χ3v) is 4.42. The highest BCUT2D eigenvalue weighted by molar-refractivity contribution is 8.01. The molecule has 2 atom stereocenters. The maximum absolute atomic E-state index is 8.24. The van der Waals surface area contributed by atoms with Crippen molar-refractivity contribution in [1.29, 1.82) is 0 Å². The molecule has 3 rings (SSSR count). The summed E-state index contributed by atoms with van der Waals surface area (Å²) in [5, 5.41) is 0. The van der Waals surface area contributed by atoms with Gasteiger partial charge in [-0.25, -0.2) is 0 Å². The Morgan fingerprint density at radius 2 is 2.46 bits per heavy atom. The van der Waals surface area contributed by atoms with Crippen molar-refractivity contribution >= 4 is 11.9 Å². The number of hydrogen-bond acceptors (Lipinski definition) is 2. The summed E-state index contributed by atoms with van der Waals surface area (Å²) in [5.41, 5.74) is 8.67. The summed E-state index contributed by atoms with van der Waals surface area (Å²) in [6.07, 6.45) is 4.68. The molecule has 1 fully saturated rings. The lowest BCUT2D eigenvalue weighted by atomic mass is 9.51. The first-order chi connectivity index (χ1) is 6.16. The Kier molecular flexibility index (Phi) is 2.05. The molecule has 0 heterocycles. The summed E-state index contributed by atoms with van der Waals surface area (Å²) in [4.78, 5) is 4.06. The van der Waals surface area contributed by atoms with Gasteiger partial charge in [0.1, 0.15) is 0 Å². The van der Waals surface area contributed by atoms with Gasteiger partial charge in [0, 0.05) is 4.91 Å². The summed E-state index contributed by atoms with van der Waals surface area (Å²) in [6.45, 7) is 4.63. The minimum Gasteiger partial charge on any atom is -0.0741 e. The molecule has 0 aromatic rings. The molecule has 1 saturated carbocycles. The van der Waals surface area contributed by atoms with Gasteiger partial charge in [0.25, 0.3) is 0 Å². The second-order valence-corrected chi connectivity index (χ2v) is 5.23. The van der Waals surface area contributed by atoms with E-state index in [0.29, 0.717) is 11.3 Å². The van der Waals surface area contributed by atoms with Crippen LogP contribution in [0, 0.1) is 17.3 Å². The fourth-order valence-corrected chi connectivity index (χ4v) is 3.29. The third kappa shape index (κ3) is 1.25. The Morgan fingerprint density at radius 3 is 3.00 bits per heavy atom. The van der Waals surface area contributed by atoms with Crippen LogP contribution in [0.5, 0.6) is 0 Å². The first kappa shape index (κ1) is 8.97. The molecule has 0 amide bonds. The number of hydrogen-bond donors (Lipinski definition) is 0. The highest BCUT2D eigenvalue weighted by Crippen LogP contribution is 2.61. The fourth-order valence-electron chi connectivity index (χ4n) is 2.47. The molecular formula is C9H13N3S. The van der Waals surface area contributed by atoms with Crippen molar-refractivity contribution in [2.75, 3.05) is 0 Å². The number of allylic oxidation sites excluding steroid dienone is 2. The van der Waals surface area contributed by atoms with E-state index in [2.05, 4.69) is 29.4 Å². The van der Waals surface area contributed by atoms with E-state index in [1.165, 1.54) is 23.3 Å². The van der Waals surface area contributed by atoms with E-state index in [0.717, 1.165) is 12.3 Å². The molecule has 2 unspecified atom stereocenters. The summed E-state index contributed by atoms with van der Waals surface area (Å²) < 4.78 is 3.56. The van der Waals surface area contributed by atoms with Crippen LogP contribution in [0.15, 0.2) is 15.5 Å². The minimum atomic E-state index is 0.433. The highest BCUT2D eigenvalue weighted by atomic mass is 32.2. The molecule has 3 aliphatic carbocycles.